The van der Waals surface area contributed by atoms with Gasteiger partial charge in [0.2, 0.25) is 23.6 Å². The van der Waals surface area contributed by atoms with Gasteiger partial charge in [-0.15, -0.1) is 0 Å². The minimum Gasteiger partial charge on any atom is -0.394 e. The first-order valence-electron chi connectivity index (χ1n) is 38.3. The molecule has 0 aromatic heterocycles. The highest BCUT2D eigenvalue weighted by Gasteiger charge is 2.42. The lowest BCUT2D eigenvalue weighted by Gasteiger charge is -2.29. The Morgan fingerprint density at radius 2 is 0.291 bits per heavy atom. The molecule has 0 fully saturated rings. The van der Waals surface area contributed by atoms with Crippen LogP contribution in [0.25, 0.3) is 0 Å². The van der Waals surface area contributed by atoms with Crippen molar-refractivity contribution < 1.29 is 180 Å². The minimum atomic E-state index is -1.63. The fraction of sp³-hybridized carbons (Fsp3) is 0.514. The summed E-state index contributed by atoms with van der Waals surface area (Å²) < 4.78 is -0.145. The number of hydrogen-bond donors (Lipinski definition) is 32. The van der Waals surface area contributed by atoms with Crippen LogP contribution in [0.1, 0.15) is 95.7 Å². The third kappa shape index (κ3) is 31.7. The molecule has 48 nitrogen and oxygen atoms in total. The maximum Gasteiger partial charge on any atom is 0.253 e. The molecule has 0 bridgehead atoms. The number of nitrogens with zero attached hydrogens (tertiary/aromatic N) is 4. The van der Waals surface area contributed by atoms with Gasteiger partial charge >= 0.3 is 0 Å². The van der Waals surface area contributed by atoms with Crippen LogP contribution in [0, 0.1) is 42.8 Å². The van der Waals surface area contributed by atoms with E-state index in [2.05, 4.69) is 42.5 Å². The summed E-state index contributed by atoms with van der Waals surface area (Å²) in [6.07, 6.45) is -15.0. The van der Waals surface area contributed by atoms with Crippen LogP contribution in [0.3, 0.4) is 0 Å². The first kappa shape index (κ1) is 126. The van der Waals surface area contributed by atoms with Crippen LogP contribution in [-0.4, -0.2) is 425 Å². The molecule has 32 N–H and O–H groups in total. The van der Waals surface area contributed by atoms with E-state index in [0.29, 0.717) is 0 Å². The highest BCUT2D eigenvalue weighted by atomic mass is 127. The first-order chi connectivity index (χ1) is 62.8. The van der Waals surface area contributed by atoms with Crippen molar-refractivity contribution in [3.8, 4) is 0 Å². The van der Waals surface area contributed by atoms with Crippen LogP contribution in [0.4, 0.5) is 22.7 Å². The molecule has 16 atom stereocenters. The summed E-state index contributed by atoms with van der Waals surface area (Å²) in [6, 6.07) is -11.3. The van der Waals surface area contributed by atoms with Gasteiger partial charge in [0.05, 0.1) is 299 Å². The van der Waals surface area contributed by atoms with Gasteiger partial charge in [-0.05, 0) is 271 Å². The Balaban J connectivity index is 0.000000690. The number of benzene rings is 4. The van der Waals surface area contributed by atoms with E-state index < -0.39 is 287 Å². The number of halogens is 12. The Morgan fingerprint density at radius 1 is 0.194 bits per heavy atom. The normalized spacial score (nSPS) is 15.0. The quantitative estimate of drug-likeness (QED) is 0.0144. The van der Waals surface area contributed by atoms with E-state index in [0.717, 1.165) is 19.6 Å². The fourth-order valence-corrected chi connectivity index (χ4v) is 31.1. The number of nitrogens with one attached hydrogen (secondary N) is 8. The van der Waals surface area contributed by atoms with E-state index in [4.69, 9.17) is 0 Å². The smallest absolute Gasteiger partial charge is 0.253 e. The summed E-state index contributed by atoms with van der Waals surface area (Å²) in [5, 5.41) is 255. The van der Waals surface area contributed by atoms with Crippen LogP contribution in [0.5, 0.6) is 0 Å². The number of anilines is 4. The number of amides is 12. The van der Waals surface area contributed by atoms with Crippen LogP contribution in [0.2, 0.25) is 0 Å². The predicted molar refractivity (Wildman–Crippen MR) is 573 cm³/mol. The second-order valence-corrected chi connectivity index (χ2v) is 41.4. The Hall–Kier alpha value is -1.68. The molecule has 12 amide bonds. The standard InChI is InChI=1S/2C37H48I6N6O18/c2*1-48(32-28(40)22(34(64)44-12(4-50)16(58)8-54)26(38)23(29(32)41)35(65)45-13(5-51)17(59)9-55)20(62)3-21(63)49(2)33-30(42)24(36(66)46-14(6-52)18(60)10-56)27(39)25(31(33)43)37(67)47-15(7-53)19(61)11-57/h2*12-19,50-61H,3-11H2,1-2H3,(H,44,64)(H,45,65)(H,46,66)(H,47,67). The lowest BCUT2D eigenvalue weighted by Crippen LogP contribution is -2.49. The van der Waals surface area contributed by atoms with E-state index in [1.54, 1.807) is 271 Å². The molecular formula is C74H96I12N12O36. The summed E-state index contributed by atoms with van der Waals surface area (Å²) >= 11 is 20.3. The van der Waals surface area contributed by atoms with Crippen LogP contribution >= 0.6 is 271 Å². The second-order valence-electron chi connectivity index (χ2n) is 28.4. The lowest BCUT2D eigenvalue weighted by molar-refractivity contribution is -0.127. The maximum absolute atomic E-state index is 14.2. The minimum absolute atomic E-state index is 0.00872. The highest BCUT2D eigenvalue weighted by Crippen LogP contribution is 2.44. The Morgan fingerprint density at radius 3 is 0.373 bits per heavy atom. The number of carbonyl (C=O) groups excluding carboxylic acids is 12. The van der Waals surface area contributed by atoms with Gasteiger partial charge < -0.3 is 185 Å². The zero-order valence-corrected chi connectivity index (χ0v) is 95.8. The van der Waals surface area contributed by atoms with Crippen molar-refractivity contribution in [1.82, 2.24) is 42.5 Å². The molecule has 4 aromatic carbocycles. The van der Waals surface area contributed by atoms with Crippen molar-refractivity contribution in [3.05, 3.63) is 87.3 Å². The molecule has 134 heavy (non-hydrogen) atoms. The molecule has 0 aliphatic heterocycles. The average molecular weight is 3250 g/mol. The van der Waals surface area contributed by atoms with Crippen molar-refractivity contribution in [3.63, 3.8) is 0 Å². The monoisotopic (exact) mass is 3250 g/mol. The first-order valence-corrected chi connectivity index (χ1v) is 51.3. The summed E-state index contributed by atoms with van der Waals surface area (Å²) in [5.41, 5.74) is -2.69. The zero-order valence-electron chi connectivity index (χ0n) is 69.9. The summed E-state index contributed by atoms with van der Waals surface area (Å²) in [4.78, 5) is 172. The Labute approximate surface area is 925 Å². The van der Waals surface area contributed by atoms with Crippen molar-refractivity contribution in [2.24, 2.45) is 0 Å². The van der Waals surface area contributed by atoms with Gasteiger partial charge in [-0.2, -0.15) is 0 Å². The van der Waals surface area contributed by atoms with Crippen molar-refractivity contribution in [1.29, 1.82) is 0 Å². The zero-order chi connectivity index (χ0) is 103. The molecule has 4 rings (SSSR count). The number of carbonyl (C=O) groups is 12. The topological polar surface area (TPSA) is 800 Å². The number of aliphatic hydroxyl groups is 24. The Bertz CT molecular complexity index is 4060. The molecule has 60 heteroatoms. The van der Waals surface area contributed by atoms with Crippen LogP contribution in [-0.2, 0) is 19.2 Å². The van der Waals surface area contributed by atoms with Crippen LogP contribution < -0.4 is 62.1 Å². The summed E-state index contributed by atoms with van der Waals surface area (Å²) in [6.45, 7) is -13.5. The third-order valence-electron chi connectivity index (χ3n) is 19.8. The third-order valence-corrected chi connectivity index (χ3v) is 32.5. The van der Waals surface area contributed by atoms with E-state index >= 15 is 0 Å². The average Bonchev–Trinajstić information content (AvgIpc) is 0.765. The maximum atomic E-state index is 14.2. The van der Waals surface area contributed by atoms with Crippen molar-refractivity contribution >= 4 is 365 Å². The van der Waals surface area contributed by atoms with E-state index in [9.17, 15) is 180 Å². The van der Waals surface area contributed by atoms with Gasteiger partial charge in [-0.1, -0.05) is 0 Å². The fourth-order valence-electron chi connectivity index (χ4n) is 11.7. The number of hydrogen-bond acceptors (Lipinski definition) is 36. The van der Waals surface area contributed by atoms with Gasteiger partial charge in [0.15, 0.2) is 0 Å². The molecule has 0 aliphatic rings. The number of aliphatic hydroxyl groups excluding tert-OH is 24. The van der Waals surface area contributed by atoms with Crippen molar-refractivity contribution in [2.75, 3.05) is 154 Å². The summed E-state index contributed by atoms with van der Waals surface area (Å²) in [5.74, 6) is -11.8. The SMILES string of the molecule is CN(C(=O)CC(=O)N(C)c1c(I)c(C(=O)NC(CO)C(O)CO)c(I)c(C(=O)NC(CO)C(O)CO)c1I)c1c(I)c(C(=O)NC(CO)C(O)CO)c(I)c(C(=O)NC(CO)C(O)CO)c1I.CN(C(=O)CC(=O)N(C)c1c(I)c(C(=O)NC(CO)C(O)CO)c(I)c(C(=O)NC(CO)C(O)CO)c1I)c1c(I)c(C(=O)NC(CO)C(O)CO)c(I)c(C(=O)NC(CO)C(O)CO)c1I. The highest BCUT2D eigenvalue weighted by molar-refractivity contribution is 14.1. The second kappa shape index (κ2) is 60.3. The van der Waals surface area contributed by atoms with E-state index in [1.807, 2.05) is 0 Å². The van der Waals surface area contributed by atoms with Gasteiger partial charge in [0.1, 0.15) is 12.8 Å². The molecule has 0 aliphatic carbocycles. The van der Waals surface area contributed by atoms with Gasteiger partial charge in [-0.25, -0.2) is 0 Å². The van der Waals surface area contributed by atoms with Crippen molar-refractivity contribution in [2.45, 2.75) is 110 Å². The van der Waals surface area contributed by atoms with Gasteiger partial charge in [-0.3, -0.25) is 57.5 Å². The van der Waals surface area contributed by atoms with Gasteiger partial charge in [0, 0.05) is 42.5 Å². The molecule has 0 spiro atoms. The molecule has 16 unspecified atom stereocenters. The summed E-state index contributed by atoms with van der Waals surface area (Å²) in [7, 11) is 4.85. The molecule has 0 saturated carbocycles. The molecule has 0 radical (unpaired) electrons. The Kier molecular flexibility index (Phi) is 56.9. The number of rotatable bonds is 48. The largest absolute Gasteiger partial charge is 0.394 e. The van der Waals surface area contributed by atoms with E-state index in [1.165, 1.54) is 28.2 Å². The lowest BCUT2D eigenvalue weighted by atomic mass is 10.0. The molecule has 0 heterocycles. The molecule has 752 valence electrons. The molecule has 4 aromatic rings. The molecule has 0 saturated heterocycles. The van der Waals surface area contributed by atoms with E-state index in [-0.39, 0.29) is 110 Å². The molecular weight excluding hydrogens is 3160 g/mol. The predicted octanol–water partition coefficient (Wildman–Crippen LogP) is -7.79. The van der Waals surface area contributed by atoms with Crippen LogP contribution in [0.15, 0.2) is 0 Å². The van der Waals surface area contributed by atoms with Gasteiger partial charge in [0.25, 0.3) is 47.3 Å².